The molecule has 0 radical (unpaired) electrons. The fourth-order valence-corrected chi connectivity index (χ4v) is 9.89. The number of anilines is 2. The topological polar surface area (TPSA) is 131 Å². The van der Waals surface area contributed by atoms with E-state index in [0.717, 1.165) is 23.1 Å². The van der Waals surface area contributed by atoms with Crippen molar-refractivity contribution in [2.45, 2.75) is 82.6 Å². The molecule has 2 N–H and O–H groups in total. The quantitative estimate of drug-likeness (QED) is 0.0672. The molecule has 10 nitrogen and oxygen atoms in total. The lowest BCUT2D eigenvalue weighted by molar-refractivity contribution is -0.137. The zero-order chi connectivity index (χ0) is 50.2. The van der Waals surface area contributed by atoms with Crippen molar-refractivity contribution in [1.29, 1.82) is 10.5 Å². The van der Waals surface area contributed by atoms with E-state index >= 15 is 8.78 Å². The second-order valence-corrected chi connectivity index (χ2v) is 19.6. The largest absolute Gasteiger partial charge is 0.493 e. The van der Waals surface area contributed by atoms with Crippen molar-refractivity contribution in [2.75, 3.05) is 23.0 Å². The fraction of sp³-hybridized carbons (Fsp3) is 0.314. The van der Waals surface area contributed by atoms with Gasteiger partial charge in [0, 0.05) is 40.8 Å². The number of carbonyl (C=O) groups excluding carboxylic acids is 2. The van der Waals surface area contributed by atoms with Gasteiger partial charge in [0.15, 0.2) is 5.11 Å². The third-order valence-corrected chi connectivity index (χ3v) is 13.0. The molecule has 18 heteroatoms. The van der Waals surface area contributed by atoms with Crippen molar-refractivity contribution >= 4 is 63.7 Å². The first-order valence-electron chi connectivity index (χ1n) is 21.7. The molecule has 4 unspecified atom stereocenters. The Morgan fingerprint density at radius 2 is 1.58 bits per heavy atom. The van der Waals surface area contributed by atoms with Crippen LogP contribution in [0.25, 0.3) is 0 Å². The van der Waals surface area contributed by atoms with E-state index in [9.17, 15) is 33.3 Å². The second-order valence-electron chi connectivity index (χ2n) is 18.4. The fourth-order valence-electron chi connectivity index (χ4n) is 9.03. The van der Waals surface area contributed by atoms with E-state index < -0.39 is 75.1 Å². The van der Waals surface area contributed by atoms with Gasteiger partial charge in [0.05, 0.1) is 46.6 Å². The number of benzene rings is 5. The zero-order valence-corrected chi connectivity index (χ0v) is 40.2. The Bertz CT molecular complexity index is 2900. The van der Waals surface area contributed by atoms with Gasteiger partial charge in [-0.1, -0.05) is 68.2 Å². The molecule has 69 heavy (non-hydrogen) atoms. The van der Waals surface area contributed by atoms with Crippen LogP contribution in [0.1, 0.15) is 75.6 Å². The summed E-state index contributed by atoms with van der Waals surface area (Å²) >= 11 is 18.0. The normalized spacial score (nSPS) is 20.1. The average Bonchev–Trinajstić information content (AvgIpc) is 3.69. The lowest BCUT2D eigenvalue weighted by Crippen LogP contribution is -2.46. The summed E-state index contributed by atoms with van der Waals surface area (Å²) in [6.45, 7) is 9.35. The summed E-state index contributed by atoms with van der Waals surface area (Å²) in [6, 6.07) is 26.6. The zero-order valence-electron chi connectivity index (χ0n) is 37.9. The molecule has 2 heterocycles. The number of halogens is 7. The number of nitriles is 2. The van der Waals surface area contributed by atoms with Gasteiger partial charge in [0.1, 0.15) is 39.8 Å². The number of rotatable bonds is 13. The van der Waals surface area contributed by atoms with Crippen LogP contribution in [-0.2, 0) is 21.2 Å². The number of hydrogen-bond acceptors (Lipinski definition) is 8. The van der Waals surface area contributed by atoms with Crippen molar-refractivity contribution in [1.82, 2.24) is 10.6 Å². The number of nitrogens with one attached hydrogen (secondary N) is 2. The molecule has 2 aliphatic heterocycles. The number of ether oxygens (including phenoxy) is 2. The van der Waals surface area contributed by atoms with Crippen LogP contribution in [0, 0.1) is 39.7 Å². The summed E-state index contributed by atoms with van der Waals surface area (Å²) < 4.78 is 85.4. The van der Waals surface area contributed by atoms with Gasteiger partial charge in [0.2, 0.25) is 5.91 Å². The molecule has 0 aliphatic carbocycles. The minimum Gasteiger partial charge on any atom is -0.493 e. The van der Waals surface area contributed by atoms with E-state index in [4.69, 9.17) is 44.9 Å². The predicted molar refractivity (Wildman–Crippen MR) is 257 cm³/mol. The molecule has 0 aromatic heterocycles. The Balaban J connectivity index is 1.01. The maximum Gasteiger partial charge on any atom is 0.417 e. The maximum atomic E-state index is 16.0. The summed E-state index contributed by atoms with van der Waals surface area (Å²) in [7, 11) is 0. The molecule has 0 saturated carbocycles. The van der Waals surface area contributed by atoms with E-state index in [-0.39, 0.29) is 45.1 Å². The molecule has 358 valence electrons. The molecule has 2 aliphatic rings. The first-order valence-corrected chi connectivity index (χ1v) is 22.8. The van der Waals surface area contributed by atoms with Gasteiger partial charge in [0.25, 0.3) is 5.91 Å². The molecular weight excluding hydrogens is 959 g/mol. The van der Waals surface area contributed by atoms with Gasteiger partial charge >= 0.3 is 6.18 Å². The number of alkyl halides is 3. The average molecular weight is 1000 g/mol. The predicted octanol–water partition coefficient (Wildman–Crippen LogP) is 11.8. The van der Waals surface area contributed by atoms with Crippen molar-refractivity contribution in [2.24, 2.45) is 5.41 Å². The molecule has 2 saturated heterocycles. The third-order valence-electron chi connectivity index (χ3n) is 12.1. The first-order chi connectivity index (χ1) is 32.5. The Hall–Kier alpha value is -6.30. The Labute approximate surface area is 411 Å². The Morgan fingerprint density at radius 1 is 0.899 bits per heavy atom. The highest BCUT2D eigenvalue weighted by atomic mass is 35.5. The van der Waals surface area contributed by atoms with Gasteiger partial charge < -0.3 is 25.0 Å². The summed E-state index contributed by atoms with van der Waals surface area (Å²) in [6.07, 6.45) is -4.17. The number of carbonyl (C=O) groups is 2. The van der Waals surface area contributed by atoms with Gasteiger partial charge in [-0.3, -0.25) is 14.5 Å². The first kappa shape index (κ1) is 50.6. The lowest BCUT2D eigenvalue weighted by Gasteiger charge is -2.37. The maximum absolute atomic E-state index is 16.0. The Morgan fingerprint density at radius 3 is 2.23 bits per heavy atom. The number of thiocarbonyl (C=S) groups is 1. The summed E-state index contributed by atoms with van der Waals surface area (Å²) in [5.74, 6) is -2.60. The molecule has 5 aromatic carbocycles. The van der Waals surface area contributed by atoms with Crippen LogP contribution in [0.5, 0.6) is 17.2 Å². The van der Waals surface area contributed by atoms with Gasteiger partial charge in [-0.25, -0.2) is 8.78 Å². The molecule has 0 spiro atoms. The lowest BCUT2D eigenvalue weighted by atomic mass is 9.62. The highest BCUT2D eigenvalue weighted by molar-refractivity contribution is 7.81. The van der Waals surface area contributed by atoms with Crippen molar-refractivity contribution in [3.63, 3.8) is 0 Å². The van der Waals surface area contributed by atoms with E-state index in [2.05, 4.69) is 16.7 Å². The molecule has 0 bridgehead atoms. The minimum atomic E-state index is -4.83. The molecule has 5 aromatic rings. The molecule has 2 amide bonds. The Kier molecular flexibility index (Phi) is 14.4. The highest BCUT2D eigenvalue weighted by Crippen LogP contribution is 2.53. The van der Waals surface area contributed by atoms with E-state index in [1.165, 1.54) is 47.4 Å². The van der Waals surface area contributed by atoms with Crippen LogP contribution in [0.15, 0.2) is 103 Å². The second kappa shape index (κ2) is 19.6. The van der Waals surface area contributed by atoms with E-state index in [0.29, 0.717) is 35.8 Å². The number of hydrogen-bond donors (Lipinski definition) is 2. The molecular formula is C51H45Cl2F5N6O4S. The highest BCUT2D eigenvalue weighted by Gasteiger charge is 2.61. The molecule has 2 fully saturated rings. The van der Waals surface area contributed by atoms with Crippen LogP contribution in [-0.4, -0.2) is 47.7 Å². The summed E-state index contributed by atoms with van der Waals surface area (Å²) in [5, 5.41) is 26.4. The smallest absolute Gasteiger partial charge is 0.417 e. The van der Waals surface area contributed by atoms with Crippen molar-refractivity contribution < 1.29 is 41.0 Å². The molecule has 7 rings (SSSR count). The van der Waals surface area contributed by atoms with Gasteiger partial charge in [-0.05, 0) is 123 Å². The monoisotopic (exact) mass is 1000 g/mol. The standard InChI is InChI=1S/C51H45Cl2F5N6O4S/c1-48(2,3)26-41-50(28-60,37-20-14-30(52)23-40(37)54)42(36-11-7-12-39(53)43(36)55)44(62-41)45(65)61-21-8-22-67-34-9-6-10-35(25-34)68-33-18-16-31(17-19-33)64-47(69)63(46(66)49(64,4)5)32-15-13-29(27-59)38(24-32)51(56,57)58/h6-7,9-20,23-25,41-42,44,62H,8,21-22,26H2,1-5H3,(H,61,65). The van der Waals surface area contributed by atoms with Crippen LogP contribution in [0.4, 0.5) is 33.3 Å². The summed E-state index contributed by atoms with van der Waals surface area (Å²) in [4.78, 5) is 30.4. The third kappa shape index (κ3) is 10.1. The summed E-state index contributed by atoms with van der Waals surface area (Å²) in [5.41, 5.74) is -4.90. The van der Waals surface area contributed by atoms with Crippen molar-refractivity contribution in [3.05, 3.63) is 147 Å². The van der Waals surface area contributed by atoms with Gasteiger partial charge in [-0.15, -0.1) is 0 Å². The van der Waals surface area contributed by atoms with Crippen LogP contribution in [0.3, 0.4) is 0 Å². The van der Waals surface area contributed by atoms with Crippen LogP contribution < -0.4 is 29.9 Å². The van der Waals surface area contributed by atoms with Crippen LogP contribution >= 0.6 is 35.4 Å². The SMILES string of the molecule is CC(C)(C)CC1NC(C(=O)NCCCOc2cccc(Oc3ccc(N4C(=S)N(c5ccc(C#N)c(C(F)(F)F)c5)C(=O)C4(C)C)cc3)c2)C(c2cccc(Cl)c2F)C1(C#N)c1ccc(Cl)cc1F. The number of amides is 2. The minimum absolute atomic E-state index is 0.0129. The van der Waals surface area contributed by atoms with E-state index in [1.54, 1.807) is 62.4 Å². The van der Waals surface area contributed by atoms with Crippen LogP contribution in [0.2, 0.25) is 10.0 Å². The van der Waals surface area contributed by atoms with E-state index in [1.807, 2.05) is 20.8 Å². The van der Waals surface area contributed by atoms with Crippen molar-refractivity contribution in [3.8, 4) is 29.4 Å². The number of nitrogens with zero attached hydrogens (tertiary/aromatic N) is 4. The molecule has 4 atom stereocenters. The van der Waals surface area contributed by atoms with Gasteiger partial charge in [-0.2, -0.15) is 23.7 Å².